The molecule has 0 spiro atoms. The highest BCUT2D eigenvalue weighted by molar-refractivity contribution is 5.97. The molecule has 0 aromatic heterocycles. The van der Waals surface area contributed by atoms with E-state index in [1.165, 1.54) is 116 Å². The van der Waals surface area contributed by atoms with Crippen LogP contribution in [0.15, 0.2) is 36.4 Å². The van der Waals surface area contributed by atoms with E-state index in [1.54, 1.807) is 0 Å². The smallest absolute Gasteiger partial charge is 0.336 e. The highest BCUT2D eigenvalue weighted by Crippen LogP contribution is 2.38. The Bertz CT molecular complexity index is 2100. The molecule has 1 unspecified atom stereocenters. The fourth-order valence-corrected chi connectivity index (χ4v) is 8.04. The number of hydrogen-bond donors (Lipinski definition) is 9. The van der Waals surface area contributed by atoms with Crippen LogP contribution in [0.4, 0.5) is 0 Å². The average molecular weight is 982 g/mol. The number of rotatable bonds is 26. The number of nitrogens with zero attached hydrogens (tertiary/aromatic N) is 2. The number of phenolic OH excluding ortho intramolecular Hbond substituents is 2. The Morgan fingerprint density at radius 1 is 0.771 bits per heavy atom. The highest BCUT2D eigenvalue weighted by Gasteiger charge is 2.34. The number of phenols is 2. The molecule has 1 aliphatic heterocycles. The summed E-state index contributed by atoms with van der Waals surface area (Å²) in [6.07, 6.45) is 13.3. The van der Waals surface area contributed by atoms with Crippen molar-refractivity contribution in [3.63, 3.8) is 0 Å². The number of unbranched alkanes of at least 4 members (excludes halogenated alkanes) is 12. The zero-order valence-electron chi connectivity index (χ0n) is 41.5. The molecule has 0 fully saturated rings. The molecule has 0 aliphatic carbocycles. The van der Waals surface area contributed by atoms with Gasteiger partial charge in [0.05, 0.1) is 26.8 Å². The maximum atomic E-state index is 14.1. The molecule has 9 N–H and O–H groups in total. The van der Waals surface area contributed by atoms with Crippen LogP contribution in [-0.4, -0.2) is 149 Å². The maximum absolute atomic E-state index is 14.1. The third-order valence-corrected chi connectivity index (χ3v) is 12.5. The third-order valence-electron chi connectivity index (χ3n) is 12.5. The van der Waals surface area contributed by atoms with Gasteiger partial charge in [0, 0.05) is 38.1 Å². The van der Waals surface area contributed by atoms with Crippen molar-refractivity contribution in [3.8, 4) is 22.6 Å². The number of nitrogens with one attached hydrogen (secondary N) is 5. The number of methoxy groups -OCH3 is 1. The van der Waals surface area contributed by atoms with Gasteiger partial charge in [-0.1, -0.05) is 96.1 Å². The van der Waals surface area contributed by atoms with Crippen molar-refractivity contribution in [3.05, 3.63) is 47.5 Å². The molecule has 2 aromatic carbocycles. The van der Waals surface area contributed by atoms with Crippen molar-refractivity contribution in [2.75, 3.05) is 40.9 Å². The number of aliphatic hydroxyl groups excluding tert-OH is 2. The lowest BCUT2D eigenvalue weighted by Crippen LogP contribution is -2.56. The molecule has 4 bridgehead atoms. The number of aliphatic hydroxyl groups is 2. The summed E-state index contributed by atoms with van der Waals surface area (Å²) in [4.78, 5) is 108. The number of ether oxygens (including phenoxy) is 1. The van der Waals surface area contributed by atoms with Crippen LogP contribution in [0.1, 0.15) is 128 Å². The molecular formula is C50H75N7O13. The first-order chi connectivity index (χ1) is 33.3. The van der Waals surface area contributed by atoms with Crippen LogP contribution in [0.2, 0.25) is 0 Å². The standard InChI is InChI=1S/C50H75N7O13/c1-7-8-9-10-11-12-13-14-15-16-17-18-19-20-42(62)56(4)38(30-58)48(67)53-31(2)45(64)52-29-43(63)57(5)44-34-22-24-40(60)36(27-34)35-25-33(21-23-39(35)59)26-37(55-46(65)32(3)54-49(44)68)47(66)51-28-41(61)50(69)70-6/h21-25,27,31-32,37-38,41,44,58-61H,7-20,26,28-30H2,1-6H3,(H,51,66)(H,52,64)(H,53,67)(H,54,68)(H,55,65)/t31-,32+,37+,38-,41?,44+/m1/s1. The van der Waals surface area contributed by atoms with Gasteiger partial charge in [-0.05, 0) is 55.7 Å². The quantitative estimate of drug-likeness (QED) is 0.0484. The molecule has 0 saturated heterocycles. The van der Waals surface area contributed by atoms with Crippen molar-refractivity contribution in [2.45, 2.75) is 153 Å². The first-order valence-corrected chi connectivity index (χ1v) is 24.3. The first-order valence-electron chi connectivity index (χ1n) is 24.3. The Morgan fingerprint density at radius 3 is 1.93 bits per heavy atom. The normalized spacial score (nSPS) is 17.1. The Morgan fingerprint density at radius 2 is 1.34 bits per heavy atom. The number of likely N-dealkylation sites (N-methyl/N-ethyl adjacent to an activating group) is 2. The minimum atomic E-state index is -1.70. The van der Waals surface area contributed by atoms with Crippen LogP contribution in [0.5, 0.6) is 11.5 Å². The largest absolute Gasteiger partial charge is 0.507 e. The molecule has 7 amide bonds. The van der Waals surface area contributed by atoms with Crippen LogP contribution in [0.3, 0.4) is 0 Å². The molecule has 0 radical (unpaired) electrons. The van der Waals surface area contributed by atoms with Gasteiger partial charge in [-0.15, -0.1) is 0 Å². The number of carbonyl (C=O) groups excluding carboxylic acids is 8. The minimum Gasteiger partial charge on any atom is -0.507 e. The van der Waals surface area contributed by atoms with Crippen LogP contribution < -0.4 is 26.6 Å². The molecule has 70 heavy (non-hydrogen) atoms. The van der Waals surface area contributed by atoms with Gasteiger partial charge in [0.1, 0.15) is 41.7 Å². The number of benzene rings is 2. The number of hydrogen-bond acceptors (Lipinski definition) is 13. The molecule has 0 saturated carbocycles. The van der Waals surface area contributed by atoms with E-state index < -0.39 is 97.4 Å². The molecule has 6 atom stereocenters. The monoisotopic (exact) mass is 982 g/mol. The Hall–Kier alpha value is -6.28. The van der Waals surface area contributed by atoms with Crippen molar-refractivity contribution in [2.24, 2.45) is 0 Å². The summed E-state index contributed by atoms with van der Waals surface area (Å²) in [5.41, 5.74) is 0.640. The zero-order chi connectivity index (χ0) is 51.9. The summed E-state index contributed by atoms with van der Waals surface area (Å²) in [7, 11) is 3.73. The van der Waals surface area contributed by atoms with Crippen molar-refractivity contribution >= 4 is 47.3 Å². The van der Waals surface area contributed by atoms with Crippen molar-refractivity contribution in [1.82, 2.24) is 36.4 Å². The van der Waals surface area contributed by atoms with Crippen molar-refractivity contribution in [1.29, 1.82) is 0 Å². The van der Waals surface area contributed by atoms with Gasteiger partial charge in [0.15, 0.2) is 6.10 Å². The molecule has 1 heterocycles. The first kappa shape index (κ1) is 58.0. The van der Waals surface area contributed by atoms with Crippen LogP contribution in [0.25, 0.3) is 11.1 Å². The van der Waals surface area contributed by atoms with Crippen LogP contribution in [0, 0.1) is 0 Å². The van der Waals surface area contributed by atoms with E-state index in [1.807, 2.05) is 0 Å². The minimum absolute atomic E-state index is 0.0397. The van der Waals surface area contributed by atoms with Crippen LogP contribution >= 0.6 is 0 Å². The van der Waals surface area contributed by atoms with Gasteiger partial charge in [0.25, 0.3) is 0 Å². The van der Waals surface area contributed by atoms with Gasteiger partial charge in [-0.2, -0.15) is 0 Å². The molecule has 388 valence electrons. The Balaban J connectivity index is 1.66. The molecule has 1 aliphatic rings. The van der Waals surface area contributed by atoms with E-state index in [2.05, 4.69) is 38.2 Å². The number of amides is 7. The third kappa shape index (κ3) is 17.9. The Kier molecular flexibility index (Phi) is 24.6. The van der Waals surface area contributed by atoms with E-state index in [0.717, 1.165) is 42.6 Å². The predicted octanol–water partition coefficient (Wildman–Crippen LogP) is 2.38. The summed E-state index contributed by atoms with van der Waals surface area (Å²) in [5, 5.41) is 54.4. The fraction of sp³-hybridized carbons (Fsp3) is 0.600. The van der Waals surface area contributed by atoms with Gasteiger partial charge < -0.3 is 61.5 Å². The van der Waals surface area contributed by atoms with Crippen molar-refractivity contribution < 1.29 is 63.5 Å². The van der Waals surface area contributed by atoms with Crippen LogP contribution in [-0.2, 0) is 49.5 Å². The van der Waals surface area contributed by atoms with E-state index in [-0.39, 0.29) is 46.9 Å². The average Bonchev–Trinajstić information content (AvgIpc) is 3.33. The summed E-state index contributed by atoms with van der Waals surface area (Å²) in [6.45, 7) is 2.98. The second-order valence-corrected chi connectivity index (χ2v) is 18.0. The van der Waals surface area contributed by atoms with E-state index in [0.29, 0.717) is 12.0 Å². The Labute approximate surface area is 410 Å². The summed E-state index contributed by atoms with van der Waals surface area (Å²) in [5.74, 6) is -6.86. The molecule has 20 nitrogen and oxygen atoms in total. The zero-order valence-corrected chi connectivity index (χ0v) is 41.5. The van der Waals surface area contributed by atoms with Gasteiger partial charge in [-0.25, -0.2) is 4.79 Å². The summed E-state index contributed by atoms with van der Waals surface area (Å²) < 4.78 is 4.48. The van der Waals surface area contributed by atoms with Gasteiger partial charge in [0.2, 0.25) is 41.4 Å². The SMILES string of the molecule is CCCCCCCCCCCCCCCC(=O)N(C)[C@H](CO)C(=O)N[C@H](C)C(=O)NCC(=O)N(C)[C@@H]1C(=O)N[C@@H](C)C(=O)N[C@H](C(=O)NCC(O)C(=O)OC)Cc2ccc(O)c(c2)-c2cc1ccc2O. The summed E-state index contributed by atoms with van der Waals surface area (Å²) >= 11 is 0. The summed E-state index contributed by atoms with van der Waals surface area (Å²) in [6, 6.07) is 1.55. The molecule has 2 aromatic rings. The molecule has 3 rings (SSSR count). The number of esters is 1. The topological polar surface area (TPSA) is 293 Å². The second kappa shape index (κ2) is 29.7. The van der Waals surface area contributed by atoms with E-state index in [4.69, 9.17) is 0 Å². The van der Waals surface area contributed by atoms with Gasteiger partial charge in [-0.3, -0.25) is 33.6 Å². The highest BCUT2D eigenvalue weighted by atomic mass is 16.5. The molecule has 20 heteroatoms. The number of aromatic hydroxyl groups is 2. The predicted molar refractivity (Wildman–Crippen MR) is 260 cm³/mol. The lowest BCUT2D eigenvalue weighted by atomic mass is 9.93. The lowest BCUT2D eigenvalue weighted by molar-refractivity contribution is -0.150. The van der Waals surface area contributed by atoms with Gasteiger partial charge >= 0.3 is 5.97 Å². The maximum Gasteiger partial charge on any atom is 0.336 e. The second-order valence-electron chi connectivity index (χ2n) is 18.0. The number of carbonyl (C=O) groups is 8. The van der Waals surface area contributed by atoms with E-state index >= 15 is 0 Å². The lowest BCUT2D eigenvalue weighted by Gasteiger charge is -2.30. The van der Waals surface area contributed by atoms with E-state index in [9.17, 15) is 58.8 Å². The number of fused-ring (bicyclic) bond motifs is 5. The molecular weight excluding hydrogens is 907 g/mol. The fourth-order valence-electron chi connectivity index (χ4n) is 8.04.